The van der Waals surface area contributed by atoms with Crippen LogP contribution in [0.1, 0.15) is 15.9 Å². The highest BCUT2D eigenvalue weighted by molar-refractivity contribution is 6.07. The summed E-state index contributed by atoms with van der Waals surface area (Å²) in [5.74, 6) is -2.13. The van der Waals surface area contributed by atoms with Gasteiger partial charge >= 0.3 is 5.69 Å². The van der Waals surface area contributed by atoms with E-state index in [9.17, 15) is 25.1 Å². The van der Waals surface area contributed by atoms with E-state index in [1.165, 1.54) is 12.2 Å². The monoisotopic (exact) mass is 289 g/mol. The van der Waals surface area contributed by atoms with E-state index >= 15 is 0 Å². The summed E-state index contributed by atoms with van der Waals surface area (Å²) in [5, 5.41) is 33.4. The molecule has 1 aromatic heterocycles. The van der Waals surface area contributed by atoms with Crippen molar-refractivity contribution in [2.45, 2.75) is 0 Å². The predicted octanol–water partition coefficient (Wildman–Crippen LogP) is 1.64. The molecule has 2 rings (SSSR count). The fourth-order valence-corrected chi connectivity index (χ4v) is 1.68. The second kappa shape index (κ2) is 5.45. The minimum absolute atomic E-state index is 0.0999. The normalized spacial score (nSPS) is 10.9. The van der Waals surface area contributed by atoms with Gasteiger partial charge in [0.15, 0.2) is 11.5 Å². The molecular weight excluding hydrogens is 278 g/mol. The topological polar surface area (TPSA) is 118 Å². The molecule has 1 aromatic carbocycles. The van der Waals surface area contributed by atoms with E-state index in [1.807, 2.05) is 0 Å². The Morgan fingerprint density at radius 3 is 2.71 bits per heavy atom. The third kappa shape index (κ3) is 3.06. The number of rotatable bonds is 4. The van der Waals surface area contributed by atoms with Crippen molar-refractivity contribution in [1.82, 2.24) is 9.78 Å². The second-order valence-corrected chi connectivity index (χ2v) is 4.27. The maximum absolute atomic E-state index is 11.9. The van der Waals surface area contributed by atoms with Gasteiger partial charge in [0, 0.05) is 30.4 Å². The molecule has 108 valence electrons. The van der Waals surface area contributed by atoms with Gasteiger partial charge in [0.05, 0.1) is 11.1 Å². The van der Waals surface area contributed by atoms with Crippen LogP contribution in [0.5, 0.6) is 11.5 Å². The zero-order chi connectivity index (χ0) is 15.6. The molecule has 0 fully saturated rings. The number of ketones is 1. The van der Waals surface area contributed by atoms with E-state index in [0.29, 0.717) is 5.56 Å². The first-order valence-electron chi connectivity index (χ1n) is 5.80. The van der Waals surface area contributed by atoms with E-state index in [2.05, 4.69) is 5.10 Å². The summed E-state index contributed by atoms with van der Waals surface area (Å²) < 4.78 is 1.56. The number of nitro groups is 1. The SMILES string of the molecule is Cn1cc(/C=C/C(=O)c2cc(O)c(O)c([N+](=O)[O-])c2)cn1. The van der Waals surface area contributed by atoms with Gasteiger partial charge in [-0.2, -0.15) is 5.10 Å². The lowest BCUT2D eigenvalue weighted by Gasteiger charge is -2.01. The third-order valence-electron chi connectivity index (χ3n) is 2.70. The van der Waals surface area contributed by atoms with E-state index in [-0.39, 0.29) is 5.56 Å². The van der Waals surface area contributed by atoms with E-state index in [1.54, 1.807) is 24.1 Å². The molecule has 0 unspecified atom stereocenters. The van der Waals surface area contributed by atoms with Gasteiger partial charge in [-0.1, -0.05) is 0 Å². The number of aryl methyl sites for hydroxylation is 1. The highest BCUT2D eigenvalue weighted by Gasteiger charge is 2.20. The van der Waals surface area contributed by atoms with E-state index in [0.717, 1.165) is 12.1 Å². The van der Waals surface area contributed by atoms with Gasteiger partial charge in [-0.25, -0.2) is 0 Å². The Hall–Kier alpha value is -3.16. The van der Waals surface area contributed by atoms with Crippen LogP contribution in [0.2, 0.25) is 0 Å². The molecule has 0 saturated heterocycles. The van der Waals surface area contributed by atoms with Crippen molar-refractivity contribution in [3.63, 3.8) is 0 Å². The first kappa shape index (κ1) is 14.3. The Bertz CT molecular complexity index is 748. The molecule has 1 heterocycles. The van der Waals surface area contributed by atoms with Crippen LogP contribution in [0.15, 0.2) is 30.6 Å². The number of carbonyl (C=O) groups excluding carboxylic acids is 1. The van der Waals surface area contributed by atoms with Crippen LogP contribution in [0.4, 0.5) is 5.69 Å². The lowest BCUT2D eigenvalue weighted by atomic mass is 10.1. The van der Waals surface area contributed by atoms with Crippen molar-refractivity contribution in [1.29, 1.82) is 0 Å². The third-order valence-corrected chi connectivity index (χ3v) is 2.70. The van der Waals surface area contributed by atoms with Crippen LogP contribution < -0.4 is 0 Å². The zero-order valence-electron chi connectivity index (χ0n) is 10.9. The number of hydrogen-bond donors (Lipinski definition) is 2. The van der Waals surface area contributed by atoms with Crippen LogP contribution >= 0.6 is 0 Å². The smallest absolute Gasteiger partial charge is 0.315 e. The molecular formula is C13H11N3O5. The summed E-state index contributed by atoms with van der Waals surface area (Å²) in [6.07, 6.45) is 5.92. The molecule has 0 atom stereocenters. The Balaban J connectivity index is 2.31. The highest BCUT2D eigenvalue weighted by atomic mass is 16.6. The largest absolute Gasteiger partial charge is 0.504 e. The summed E-state index contributed by atoms with van der Waals surface area (Å²) in [4.78, 5) is 21.8. The van der Waals surface area contributed by atoms with Crippen LogP contribution in [0, 0.1) is 10.1 Å². The maximum Gasteiger partial charge on any atom is 0.315 e. The number of nitrogens with zero attached hydrogens (tertiary/aromatic N) is 3. The van der Waals surface area contributed by atoms with Crippen molar-refractivity contribution in [3.8, 4) is 11.5 Å². The molecule has 0 amide bonds. The van der Waals surface area contributed by atoms with E-state index in [4.69, 9.17) is 0 Å². The summed E-state index contributed by atoms with van der Waals surface area (Å²) in [6, 6.07) is 1.88. The van der Waals surface area contributed by atoms with Gasteiger partial charge < -0.3 is 10.2 Å². The van der Waals surface area contributed by atoms with Gasteiger partial charge in [0.2, 0.25) is 5.75 Å². The first-order valence-corrected chi connectivity index (χ1v) is 5.80. The molecule has 0 aliphatic rings. The quantitative estimate of drug-likeness (QED) is 0.290. The predicted molar refractivity (Wildman–Crippen MR) is 73.0 cm³/mol. The number of benzene rings is 1. The van der Waals surface area contributed by atoms with Gasteiger partial charge in [-0.05, 0) is 18.2 Å². The number of aromatic hydroxyl groups is 2. The molecule has 0 bridgehead atoms. The molecule has 0 saturated carbocycles. The number of carbonyl (C=O) groups is 1. The Morgan fingerprint density at radius 2 is 2.14 bits per heavy atom. The van der Waals surface area contributed by atoms with Crippen LogP contribution in [-0.2, 0) is 7.05 Å². The molecule has 0 spiro atoms. The number of phenolic OH excluding ortho intramolecular Hbond substituents is 2. The lowest BCUT2D eigenvalue weighted by Crippen LogP contribution is -1.97. The number of aromatic nitrogens is 2. The van der Waals surface area contributed by atoms with Gasteiger partial charge in [0.1, 0.15) is 0 Å². The Morgan fingerprint density at radius 1 is 1.43 bits per heavy atom. The van der Waals surface area contributed by atoms with Crippen molar-refractivity contribution >= 4 is 17.5 Å². The maximum atomic E-state index is 11.9. The first-order chi connectivity index (χ1) is 9.88. The molecule has 8 heteroatoms. The van der Waals surface area contributed by atoms with Crippen molar-refractivity contribution < 1.29 is 19.9 Å². The summed E-state index contributed by atoms with van der Waals surface area (Å²) in [7, 11) is 1.72. The standard InChI is InChI=1S/C13H11N3O5/c1-15-7-8(6-14-15)2-3-11(17)9-4-10(16(20)21)13(19)12(18)5-9/h2-7,18-19H,1H3/b3-2+. The number of hydrogen-bond acceptors (Lipinski definition) is 6. The summed E-state index contributed by atoms with van der Waals surface area (Å²) in [6.45, 7) is 0. The Kier molecular flexibility index (Phi) is 3.70. The Labute approximate surface area is 118 Å². The molecule has 2 N–H and O–H groups in total. The minimum Gasteiger partial charge on any atom is -0.504 e. The minimum atomic E-state index is -0.878. The molecule has 21 heavy (non-hydrogen) atoms. The van der Waals surface area contributed by atoms with Gasteiger partial charge in [-0.3, -0.25) is 19.6 Å². The van der Waals surface area contributed by atoms with Crippen molar-refractivity contribution in [3.05, 3.63) is 51.8 Å². The fraction of sp³-hybridized carbons (Fsp3) is 0.0769. The molecule has 8 nitrogen and oxygen atoms in total. The summed E-state index contributed by atoms with van der Waals surface area (Å²) in [5.41, 5.74) is -0.145. The summed E-state index contributed by atoms with van der Waals surface area (Å²) >= 11 is 0. The molecule has 0 aliphatic carbocycles. The van der Waals surface area contributed by atoms with Crippen LogP contribution in [0.3, 0.4) is 0 Å². The zero-order valence-corrected chi connectivity index (χ0v) is 10.9. The van der Waals surface area contributed by atoms with Crippen LogP contribution in [-0.4, -0.2) is 30.7 Å². The van der Waals surface area contributed by atoms with Crippen molar-refractivity contribution in [2.75, 3.05) is 0 Å². The van der Waals surface area contributed by atoms with E-state index < -0.39 is 27.9 Å². The van der Waals surface area contributed by atoms with Gasteiger partial charge in [0.25, 0.3) is 0 Å². The lowest BCUT2D eigenvalue weighted by molar-refractivity contribution is -0.386. The fourth-order valence-electron chi connectivity index (χ4n) is 1.68. The van der Waals surface area contributed by atoms with Crippen molar-refractivity contribution in [2.24, 2.45) is 7.05 Å². The van der Waals surface area contributed by atoms with Gasteiger partial charge in [-0.15, -0.1) is 0 Å². The second-order valence-electron chi connectivity index (χ2n) is 4.27. The molecule has 0 radical (unpaired) electrons. The molecule has 0 aliphatic heterocycles. The highest BCUT2D eigenvalue weighted by Crippen LogP contribution is 2.36. The number of nitro benzene ring substituents is 1. The average molecular weight is 289 g/mol. The number of phenols is 2. The average Bonchev–Trinajstić information content (AvgIpc) is 2.84. The molecule has 2 aromatic rings. The van der Waals surface area contributed by atoms with Crippen LogP contribution in [0.25, 0.3) is 6.08 Å². The number of allylic oxidation sites excluding steroid dienone is 1.